The van der Waals surface area contributed by atoms with Gasteiger partial charge in [0.05, 0.1) is 12.9 Å². The van der Waals surface area contributed by atoms with Crippen molar-refractivity contribution in [2.45, 2.75) is 31.7 Å². The van der Waals surface area contributed by atoms with Gasteiger partial charge in [0.15, 0.2) is 5.78 Å². The van der Waals surface area contributed by atoms with Gasteiger partial charge >= 0.3 is 0 Å². The first-order valence-corrected chi connectivity index (χ1v) is 9.01. The molecule has 0 radical (unpaired) electrons. The molecule has 0 fully saturated rings. The van der Waals surface area contributed by atoms with Gasteiger partial charge in [-0.15, -0.1) is 11.8 Å². The summed E-state index contributed by atoms with van der Waals surface area (Å²) in [6.07, 6.45) is 0.946. The molecule has 0 N–H and O–H groups in total. The van der Waals surface area contributed by atoms with Crippen LogP contribution >= 0.6 is 11.8 Å². The lowest BCUT2D eigenvalue weighted by molar-refractivity contribution is 0.102. The summed E-state index contributed by atoms with van der Waals surface area (Å²) in [5, 5.41) is 0. The van der Waals surface area contributed by atoms with Crippen molar-refractivity contribution in [1.29, 1.82) is 0 Å². The van der Waals surface area contributed by atoms with Crippen molar-refractivity contribution in [3.8, 4) is 5.75 Å². The van der Waals surface area contributed by atoms with Crippen molar-refractivity contribution in [2.75, 3.05) is 26.6 Å². The second kappa shape index (κ2) is 8.94. The van der Waals surface area contributed by atoms with Gasteiger partial charge in [0.25, 0.3) is 0 Å². The van der Waals surface area contributed by atoms with Gasteiger partial charge in [0.1, 0.15) is 5.75 Å². The Morgan fingerprint density at radius 1 is 1.17 bits per heavy atom. The van der Waals surface area contributed by atoms with Gasteiger partial charge in [-0.1, -0.05) is 0 Å². The van der Waals surface area contributed by atoms with Crippen LogP contribution in [0.3, 0.4) is 0 Å². The molecule has 0 aliphatic rings. The summed E-state index contributed by atoms with van der Waals surface area (Å²) in [5.74, 6) is 1.43. The van der Waals surface area contributed by atoms with Crippen LogP contribution in [-0.2, 0) is 11.3 Å². The van der Waals surface area contributed by atoms with Crippen molar-refractivity contribution >= 4 is 17.5 Å². The van der Waals surface area contributed by atoms with E-state index in [1.54, 1.807) is 26.0 Å². The van der Waals surface area contributed by atoms with Crippen LogP contribution in [0.25, 0.3) is 0 Å². The Morgan fingerprint density at radius 2 is 1.88 bits per heavy atom. The Morgan fingerprint density at radius 3 is 2.50 bits per heavy atom. The fraction of sp³-hybridized carbons (Fsp3) is 0.421. The molecule has 0 atom stereocenters. The van der Waals surface area contributed by atoms with E-state index in [2.05, 4.69) is 4.57 Å². The van der Waals surface area contributed by atoms with Crippen LogP contribution < -0.4 is 4.74 Å². The van der Waals surface area contributed by atoms with Gasteiger partial charge in [-0.2, -0.15) is 0 Å². The highest BCUT2D eigenvalue weighted by Gasteiger charge is 2.15. The average Bonchev–Trinajstić information content (AvgIpc) is 2.88. The Hall–Kier alpha value is -1.72. The summed E-state index contributed by atoms with van der Waals surface area (Å²) in [4.78, 5) is 13.6. The molecule has 0 unspecified atom stereocenters. The summed E-state index contributed by atoms with van der Waals surface area (Å²) in [5.41, 5.74) is 3.00. The molecule has 1 aromatic carbocycles. The molecule has 2 aromatic rings. The van der Waals surface area contributed by atoms with Crippen LogP contribution in [-0.4, -0.2) is 36.9 Å². The molecule has 1 heterocycles. The molecular formula is C19H25NO3S. The second-order valence-corrected chi connectivity index (χ2v) is 6.72. The van der Waals surface area contributed by atoms with Gasteiger partial charge < -0.3 is 14.0 Å². The number of Topliss-reactive ketones (excluding diaryl/α,β-unsaturated/α-hetero) is 1. The lowest BCUT2D eigenvalue weighted by Gasteiger charge is -2.09. The maximum Gasteiger partial charge on any atom is 0.174 e. The molecule has 0 saturated heterocycles. The average molecular weight is 347 g/mol. The van der Waals surface area contributed by atoms with Crippen LogP contribution in [0.5, 0.6) is 5.75 Å². The van der Waals surface area contributed by atoms with Crippen LogP contribution in [0, 0.1) is 13.8 Å². The highest BCUT2D eigenvalue weighted by Crippen LogP contribution is 2.24. The largest absolute Gasteiger partial charge is 0.497 e. The number of thioether (sulfide) groups is 1. The lowest BCUT2D eigenvalue weighted by atomic mass is 10.2. The third-order valence-corrected chi connectivity index (χ3v) is 5.05. The zero-order chi connectivity index (χ0) is 17.5. The summed E-state index contributed by atoms with van der Waals surface area (Å²) in [6, 6.07) is 9.78. The number of hydrogen-bond acceptors (Lipinski definition) is 4. The molecule has 1 aromatic heterocycles. The number of aromatic nitrogens is 1. The minimum atomic E-state index is 0.168. The molecule has 0 spiro atoms. The van der Waals surface area contributed by atoms with E-state index in [1.807, 2.05) is 44.2 Å². The predicted octanol–water partition coefficient (Wildman–Crippen LogP) is 4.13. The quantitative estimate of drug-likeness (QED) is 0.389. The van der Waals surface area contributed by atoms with Gasteiger partial charge in [0.2, 0.25) is 0 Å². The summed E-state index contributed by atoms with van der Waals surface area (Å²) in [6.45, 7) is 5.68. The minimum absolute atomic E-state index is 0.168. The van der Waals surface area contributed by atoms with E-state index in [4.69, 9.17) is 9.47 Å². The first-order chi connectivity index (χ1) is 11.6. The summed E-state index contributed by atoms with van der Waals surface area (Å²) >= 11 is 1.55. The molecule has 0 saturated carbocycles. The Labute approximate surface area is 148 Å². The van der Waals surface area contributed by atoms with E-state index >= 15 is 0 Å². The molecule has 0 aliphatic heterocycles. The van der Waals surface area contributed by atoms with Crippen LogP contribution in [0.2, 0.25) is 0 Å². The number of ether oxygens (including phenoxy) is 2. The van der Waals surface area contributed by atoms with Crippen molar-refractivity contribution < 1.29 is 14.3 Å². The maximum atomic E-state index is 12.6. The molecule has 130 valence electrons. The Bertz CT molecular complexity index is 677. The number of carbonyl (C=O) groups excluding carboxylic acids is 1. The van der Waals surface area contributed by atoms with E-state index in [1.165, 1.54) is 0 Å². The predicted molar refractivity (Wildman–Crippen MR) is 98.4 cm³/mol. The van der Waals surface area contributed by atoms with Crippen molar-refractivity contribution in [2.24, 2.45) is 0 Å². The number of carbonyl (C=O) groups is 1. The minimum Gasteiger partial charge on any atom is -0.497 e. The Balaban J connectivity index is 1.99. The summed E-state index contributed by atoms with van der Waals surface area (Å²) in [7, 11) is 3.36. The van der Waals surface area contributed by atoms with Gasteiger partial charge in [-0.3, -0.25) is 4.79 Å². The smallest absolute Gasteiger partial charge is 0.174 e. The van der Waals surface area contributed by atoms with Crippen LogP contribution in [0.4, 0.5) is 0 Å². The first-order valence-electron chi connectivity index (χ1n) is 8.02. The van der Waals surface area contributed by atoms with Crippen LogP contribution in [0.15, 0.2) is 35.2 Å². The highest BCUT2D eigenvalue weighted by molar-refractivity contribution is 8.00. The fourth-order valence-corrected chi connectivity index (χ4v) is 3.47. The second-order valence-electron chi connectivity index (χ2n) is 5.67. The molecule has 0 aliphatic carbocycles. The van der Waals surface area contributed by atoms with Gasteiger partial charge in [-0.25, -0.2) is 0 Å². The van der Waals surface area contributed by atoms with Crippen molar-refractivity contribution in [3.63, 3.8) is 0 Å². The molecule has 0 amide bonds. The van der Waals surface area contributed by atoms with Crippen molar-refractivity contribution in [3.05, 3.63) is 47.3 Å². The third-order valence-electron chi connectivity index (χ3n) is 4.03. The number of methoxy groups -OCH3 is 2. The van der Waals surface area contributed by atoms with E-state index in [0.29, 0.717) is 5.75 Å². The Kier molecular flexibility index (Phi) is 6.94. The SMILES string of the molecule is COCCCn1c(C)cc(C(=O)CSc2ccc(OC)cc2)c1C. The number of rotatable bonds is 9. The standard InChI is InChI=1S/C19H25NO3S/c1-14-12-18(15(2)20(14)10-5-11-22-3)19(21)13-24-17-8-6-16(23-4)7-9-17/h6-9,12H,5,10-11,13H2,1-4H3. The molecule has 5 heteroatoms. The van der Waals surface area contributed by atoms with E-state index in [9.17, 15) is 4.79 Å². The number of nitrogens with zero attached hydrogens (tertiary/aromatic N) is 1. The number of aryl methyl sites for hydroxylation is 1. The van der Waals surface area contributed by atoms with E-state index in [0.717, 1.165) is 47.2 Å². The number of hydrogen-bond donors (Lipinski definition) is 0. The van der Waals surface area contributed by atoms with Crippen molar-refractivity contribution in [1.82, 2.24) is 4.57 Å². The lowest BCUT2D eigenvalue weighted by Crippen LogP contribution is -2.08. The molecular weight excluding hydrogens is 322 g/mol. The third kappa shape index (κ3) is 4.65. The zero-order valence-corrected chi connectivity index (χ0v) is 15.6. The maximum absolute atomic E-state index is 12.6. The fourth-order valence-electron chi connectivity index (χ4n) is 2.69. The molecule has 0 bridgehead atoms. The molecule has 24 heavy (non-hydrogen) atoms. The summed E-state index contributed by atoms with van der Waals surface area (Å²) < 4.78 is 12.5. The highest BCUT2D eigenvalue weighted by atomic mass is 32.2. The van der Waals surface area contributed by atoms with Gasteiger partial charge in [-0.05, 0) is 50.6 Å². The van der Waals surface area contributed by atoms with Crippen LogP contribution in [0.1, 0.15) is 28.2 Å². The molecule has 2 rings (SSSR count). The topological polar surface area (TPSA) is 40.5 Å². The monoisotopic (exact) mass is 347 g/mol. The number of ketones is 1. The zero-order valence-electron chi connectivity index (χ0n) is 14.8. The van der Waals surface area contributed by atoms with E-state index < -0.39 is 0 Å². The van der Waals surface area contributed by atoms with Gasteiger partial charge in [0, 0.05) is 42.1 Å². The van der Waals surface area contributed by atoms with E-state index in [-0.39, 0.29) is 5.78 Å². The normalized spacial score (nSPS) is 10.8. The number of benzene rings is 1. The first kappa shape index (κ1) is 18.6. The molecule has 4 nitrogen and oxygen atoms in total.